The Bertz CT molecular complexity index is 1350. The molecule has 5 nitrogen and oxygen atoms in total. The molecule has 0 aliphatic carbocycles. The Labute approximate surface area is 201 Å². The van der Waals surface area contributed by atoms with Gasteiger partial charge in [-0.05, 0) is 94.6 Å². The monoisotopic (exact) mass is 452 g/mol. The molecule has 2 heterocycles. The second kappa shape index (κ2) is 9.56. The summed E-state index contributed by atoms with van der Waals surface area (Å²) in [6.45, 7) is 12.7. The maximum absolute atomic E-state index is 12.6. The highest BCUT2D eigenvalue weighted by atomic mass is 16.2. The number of carbonyl (C=O) groups is 1. The van der Waals surface area contributed by atoms with Gasteiger partial charge in [0.05, 0.1) is 11.9 Å². The number of benzene rings is 2. The molecule has 0 fully saturated rings. The van der Waals surface area contributed by atoms with Crippen LogP contribution in [0.15, 0.2) is 65.8 Å². The van der Waals surface area contributed by atoms with Gasteiger partial charge < -0.3 is 9.13 Å². The Morgan fingerprint density at radius 3 is 2.21 bits per heavy atom. The van der Waals surface area contributed by atoms with E-state index in [1.807, 2.05) is 24.3 Å². The van der Waals surface area contributed by atoms with Gasteiger partial charge in [0.25, 0.3) is 5.91 Å². The number of nitrogens with zero attached hydrogens (tertiary/aromatic N) is 3. The molecule has 2 aromatic heterocycles. The summed E-state index contributed by atoms with van der Waals surface area (Å²) < 4.78 is 4.44. The van der Waals surface area contributed by atoms with Gasteiger partial charge in [-0.15, -0.1) is 0 Å². The lowest BCUT2D eigenvalue weighted by Crippen LogP contribution is -2.17. The number of hydrogen-bond acceptors (Lipinski definition) is 2. The number of aromatic nitrogens is 2. The van der Waals surface area contributed by atoms with Crippen LogP contribution in [0.2, 0.25) is 0 Å². The van der Waals surface area contributed by atoms with Crippen LogP contribution < -0.4 is 5.43 Å². The Kier molecular flexibility index (Phi) is 6.55. The summed E-state index contributed by atoms with van der Waals surface area (Å²) in [5.74, 6) is -0.232. The summed E-state index contributed by atoms with van der Waals surface area (Å²) in [4.78, 5) is 12.6. The van der Waals surface area contributed by atoms with Gasteiger partial charge in [-0.2, -0.15) is 5.10 Å². The van der Waals surface area contributed by atoms with Gasteiger partial charge in [-0.3, -0.25) is 4.79 Å². The highest BCUT2D eigenvalue weighted by Gasteiger charge is 2.14. The Hall–Kier alpha value is -3.86. The topological polar surface area (TPSA) is 51.3 Å². The lowest BCUT2D eigenvalue weighted by Gasteiger charge is -2.17. The minimum Gasteiger partial charge on any atom is -0.319 e. The lowest BCUT2D eigenvalue weighted by atomic mass is 10.1. The second-order valence-corrected chi connectivity index (χ2v) is 8.80. The average molecular weight is 453 g/mol. The van der Waals surface area contributed by atoms with Crippen molar-refractivity contribution in [2.24, 2.45) is 5.10 Å². The zero-order chi connectivity index (χ0) is 24.4. The molecule has 4 rings (SSSR count). The van der Waals surface area contributed by atoms with Gasteiger partial charge in [0.2, 0.25) is 0 Å². The van der Waals surface area contributed by atoms with Crippen LogP contribution in [0.5, 0.6) is 0 Å². The van der Waals surface area contributed by atoms with Crippen LogP contribution >= 0.6 is 0 Å². The van der Waals surface area contributed by atoms with E-state index in [4.69, 9.17) is 0 Å². The zero-order valence-corrected chi connectivity index (χ0v) is 20.8. The fourth-order valence-corrected chi connectivity index (χ4v) is 4.65. The molecule has 0 saturated carbocycles. The van der Waals surface area contributed by atoms with E-state index < -0.39 is 0 Å². The maximum atomic E-state index is 12.6. The fraction of sp³-hybridized carbons (Fsp3) is 0.241. The van der Waals surface area contributed by atoms with Crippen LogP contribution in [0.25, 0.3) is 11.4 Å². The Morgan fingerprint density at radius 2 is 1.56 bits per heavy atom. The highest BCUT2D eigenvalue weighted by molar-refractivity contribution is 5.95. The number of nitrogens with one attached hydrogen (secondary N) is 1. The summed E-state index contributed by atoms with van der Waals surface area (Å²) in [6.07, 6.45) is 2.69. The van der Waals surface area contributed by atoms with E-state index in [0.29, 0.717) is 5.56 Å². The predicted molar refractivity (Wildman–Crippen MR) is 140 cm³/mol. The standard InChI is InChI=1S/C29H32N4O/c1-7-24-10-8-9-19(2)28(24)33-22(5)17-26(23(33)6)18-30-31-29(34)25-13-15-27(16-14-25)32-20(3)11-12-21(32)4/h8-18H,7H2,1-6H3,(H,31,34)/b30-18-. The number of carbonyl (C=O) groups excluding carboxylic acids is 1. The van der Waals surface area contributed by atoms with E-state index in [9.17, 15) is 4.79 Å². The Balaban J connectivity index is 1.51. The Morgan fingerprint density at radius 1 is 0.882 bits per heavy atom. The molecule has 0 bridgehead atoms. The van der Waals surface area contributed by atoms with Crippen molar-refractivity contribution in [2.45, 2.75) is 48.0 Å². The van der Waals surface area contributed by atoms with Gasteiger partial charge in [0.15, 0.2) is 0 Å². The van der Waals surface area contributed by atoms with Crippen molar-refractivity contribution in [3.63, 3.8) is 0 Å². The van der Waals surface area contributed by atoms with E-state index >= 15 is 0 Å². The summed E-state index contributed by atoms with van der Waals surface area (Å²) in [5.41, 5.74) is 13.6. The van der Waals surface area contributed by atoms with Crippen LogP contribution in [0.4, 0.5) is 0 Å². The van der Waals surface area contributed by atoms with Gasteiger partial charge in [0.1, 0.15) is 0 Å². The van der Waals surface area contributed by atoms with E-state index in [1.54, 1.807) is 6.21 Å². The van der Waals surface area contributed by atoms with Gasteiger partial charge in [-0.1, -0.05) is 25.1 Å². The molecule has 0 saturated heterocycles. The molecule has 174 valence electrons. The molecule has 1 amide bonds. The lowest BCUT2D eigenvalue weighted by molar-refractivity contribution is 0.0955. The van der Waals surface area contributed by atoms with Crippen molar-refractivity contribution in [3.05, 3.63) is 106 Å². The third-order valence-electron chi connectivity index (χ3n) is 6.42. The smallest absolute Gasteiger partial charge is 0.271 e. The van der Waals surface area contributed by atoms with E-state index in [2.05, 4.69) is 97.6 Å². The van der Waals surface area contributed by atoms with E-state index in [0.717, 1.165) is 40.4 Å². The largest absolute Gasteiger partial charge is 0.319 e. The van der Waals surface area contributed by atoms with Crippen molar-refractivity contribution in [3.8, 4) is 11.4 Å². The molecule has 1 N–H and O–H groups in total. The normalized spacial score (nSPS) is 11.4. The van der Waals surface area contributed by atoms with Crippen molar-refractivity contribution in [1.29, 1.82) is 0 Å². The fourth-order valence-electron chi connectivity index (χ4n) is 4.65. The number of hydrogen-bond donors (Lipinski definition) is 1. The van der Waals surface area contributed by atoms with Crippen molar-refractivity contribution >= 4 is 12.1 Å². The summed E-state index contributed by atoms with van der Waals surface area (Å²) in [6, 6.07) is 20.3. The SMILES string of the molecule is CCc1cccc(C)c1-n1c(C)cc(/C=N\NC(=O)c2ccc(-n3c(C)ccc3C)cc2)c1C. The van der Waals surface area contributed by atoms with Gasteiger partial charge in [0, 0.05) is 39.6 Å². The predicted octanol–water partition coefficient (Wildman–Crippen LogP) is 6.14. The first kappa shape index (κ1) is 23.3. The number of rotatable bonds is 6. The number of hydrazone groups is 1. The zero-order valence-electron chi connectivity index (χ0n) is 20.8. The van der Waals surface area contributed by atoms with Gasteiger partial charge >= 0.3 is 0 Å². The van der Waals surface area contributed by atoms with Crippen molar-refractivity contribution in [2.75, 3.05) is 0 Å². The molecule has 34 heavy (non-hydrogen) atoms. The van der Waals surface area contributed by atoms with Crippen molar-refractivity contribution in [1.82, 2.24) is 14.6 Å². The van der Waals surface area contributed by atoms with Crippen LogP contribution in [-0.2, 0) is 6.42 Å². The maximum Gasteiger partial charge on any atom is 0.271 e. The molecule has 0 unspecified atom stereocenters. The van der Waals surface area contributed by atoms with E-state index in [1.165, 1.54) is 16.8 Å². The third kappa shape index (κ3) is 4.34. The highest BCUT2D eigenvalue weighted by Crippen LogP contribution is 2.26. The molecular formula is C29H32N4O. The van der Waals surface area contributed by atoms with Crippen LogP contribution in [-0.4, -0.2) is 21.3 Å². The number of amides is 1. The summed E-state index contributed by atoms with van der Waals surface area (Å²) in [7, 11) is 0. The first-order chi connectivity index (χ1) is 16.3. The average Bonchev–Trinajstić information content (AvgIpc) is 3.30. The van der Waals surface area contributed by atoms with Crippen LogP contribution in [0, 0.1) is 34.6 Å². The summed E-state index contributed by atoms with van der Waals surface area (Å²) >= 11 is 0. The van der Waals surface area contributed by atoms with Gasteiger partial charge in [-0.25, -0.2) is 5.43 Å². The molecule has 0 spiro atoms. The molecule has 0 radical (unpaired) electrons. The van der Waals surface area contributed by atoms with Crippen molar-refractivity contribution < 1.29 is 4.79 Å². The molecular weight excluding hydrogens is 420 g/mol. The molecule has 5 heteroatoms. The molecule has 2 aromatic carbocycles. The molecule has 0 aliphatic rings. The number of para-hydroxylation sites is 1. The first-order valence-corrected chi connectivity index (χ1v) is 11.7. The van der Waals surface area contributed by atoms with E-state index in [-0.39, 0.29) is 5.91 Å². The first-order valence-electron chi connectivity index (χ1n) is 11.7. The second-order valence-electron chi connectivity index (χ2n) is 8.80. The third-order valence-corrected chi connectivity index (χ3v) is 6.42. The molecule has 0 atom stereocenters. The van der Waals surface area contributed by atoms with Crippen LogP contribution in [0.1, 0.15) is 56.7 Å². The minimum atomic E-state index is -0.232. The summed E-state index contributed by atoms with van der Waals surface area (Å²) in [5, 5.41) is 4.25. The quantitative estimate of drug-likeness (QED) is 0.277. The molecule has 4 aromatic rings. The minimum absolute atomic E-state index is 0.232. The molecule has 0 aliphatic heterocycles. The van der Waals surface area contributed by atoms with Crippen LogP contribution in [0.3, 0.4) is 0 Å². The number of aryl methyl sites for hydroxylation is 5.